The Morgan fingerprint density at radius 1 is 1.45 bits per heavy atom. The number of aryl methyl sites for hydroxylation is 1. The van der Waals surface area contributed by atoms with Gasteiger partial charge in [-0.15, -0.1) is 0 Å². The molecule has 3 heteroatoms. The van der Waals surface area contributed by atoms with Crippen LogP contribution in [0.25, 0.3) is 0 Å². The van der Waals surface area contributed by atoms with Gasteiger partial charge in [0.2, 0.25) is 0 Å². The summed E-state index contributed by atoms with van der Waals surface area (Å²) in [7, 11) is 1.74. The number of methoxy groups -OCH3 is 1. The summed E-state index contributed by atoms with van der Waals surface area (Å²) in [6.45, 7) is 8.37. The van der Waals surface area contributed by atoms with Gasteiger partial charge in [-0.2, -0.15) is 0 Å². The van der Waals surface area contributed by atoms with Crippen molar-refractivity contribution in [1.29, 1.82) is 0 Å². The van der Waals surface area contributed by atoms with Gasteiger partial charge in [0.25, 0.3) is 0 Å². The highest BCUT2D eigenvalue weighted by Crippen LogP contribution is 2.40. The number of ether oxygens (including phenoxy) is 2. The van der Waals surface area contributed by atoms with Gasteiger partial charge in [0.15, 0.2) is 0 Å². The second-order valence-corrected chi connectivity index (χ2v) is 5.90. The van der Waals surface area contributed by atoms with Crippen molar-refractivity contribution >= 4 is 0 Å². The molecule has 0 saturated carbocycles. The van der Waals surface area contributed by atoms with Gasteiger partial charge in [0.1, 0.15) is 5.75 Å². The molecule has 20 heavy (non-hydrogen) atoms. The van der Waals surface area contributed by atoms with Crippen molar-refractivity contribution in [2.24, 2.45) is 0 Å². The first-order valence-corrected chi connectivity index (χ1v) is 7.62. The van der Waals surface area contributed by atoms with Crippen molar-refractivity contribution in [3.8, 4) is 5.75 Å². The first kappa shape index (κ1) is 15.3. The average molecular weight is 277 g/mol. The summed E-state index contributed by atoms with van der Waals surface area (Å²) >= 11 is 0. The summed E-state index contributed by atoms with van der Waals surface area (Å²) in [5, 5.41) is 3.67. The average Bonchev–Trinajstić information content (AvgIpc) is 2.87. The minimum Gasteiger partial charge on any atom is -0.496 e. The van der Waals surface area contributed by atoms with Crippen molar-refractivity contribution in [3.05, 3.63) is 29.3 Å². The van der Waals surface area contributed by atoms with E-state index in [-0.39, 0.29) is 11.6 Å². The molecular weight excluding hydrogens is 250 g/mol. The smallest absolute Gasteiger partial charge is 0.123 e. The van der Waals surface area contributed by atoms with Gasteiger partial charge in [-0.3, -0.25) is 0 Å². The molecule has 1 aromatic rings. The molecule has 0 radical (unpaired) electrons. The Kier molecular flexibility index (Phi) is 5.06. The molecule has 1 aliphatic heterocycles. The number of rotatable bonds is 6. The lowest BCUT2D eigenvalue weighted by Crippen LogP contribution is -2.41. The van der Waals surface area contributed by atoms with E-state index in [4.69, 9.17) is 9.47 Å². The molecule has 1 heterocycles. The van der Waals surface area contributed by atoms with Gasteiger partial charge in [-0.25, -0.2) is 0 Å². The molecule has 2 unspecified atom stereocenters. The third kappa shape index (κ3) is 3.15. The topological polar surface area (TPSA) is 30.5 Å². The molecule has 1 fully saturated rings. The van der Waals surface area contributed by atoms with E-state index in [1.54, 1.807) is 7.11 Å². The van der Waals surface area contributed by atoms with Crippen LogP contribution in [0.1, 0.15) is 50.3 Å². The zero-order valence-corrected chi connectivity index (χ0v) is 13.2. The molecule has 1 aromatic carbocycles. The van der Waals surface area contributed by atoms with Gasteiger partial charge >= 0.3 is 0 Å². The van der Waals surface area contributed by atoms with Crippen molar-refractivity contribution in [3.63, 3.8) is 0 Å². The first-order valence-electron chi connectivity index (χ1n) is 7.62. The molecule has 0 bridgehead atoms. The normalized spacial score (nSPS) is 23.8. The highest BCUT2D eigenvalue weighted by atomic mass is 16.5. The van der Waals surface area contributed by atoms with E-state index >= 15 is 0 Å². The van der Waals surface area contributed by atoms with Crippen LogP contribution in [0.15, 0.2) is 18.2 Å². The van der Waals surface area contributed by atoms with Crippen LogP contribution in [-0.4, -0.2) is 25.9 Å². The quantitative estimate of drug-likeness (QED) is 0.861. The Balaban J connectivity index is 2.37. The van der Waals surface area contributed by atoms with Crippen LogP contribution in [0, 0.1) is 6.92 Å². The molecule has 0 aliphatic carbocycles. The number of hydrogen-bond donors (Lipinski definition) is 1. The molecule has 0 aromatic heterocycles. The zero-order valence-electron chi connectivity index (χ0n) is 13.2. The van der Waals surface area contributed by atoms with Gasteiger partial charge in [0, 0.05) is 12.2 Å². The molecule has 2 atom stereocenters. The highest BCUT2D eigenvalue weighted by Gasteiger charge is 2.40. The van der Waals surface area contributed by atoms with Gasteiger partial charge in [0.05, 0.1) is 18.8 Å². The lowest BCUT2D eigenvalue weighted by atomic mass is 9.86. The molecule has 112 valence electrons. The molecule has 2 rings (SSSR count). The second kappa shape index (κ2) is 6.59. The van der Waals surface area contributed by atoms with Gasteiger partial charge in [-0.05, 0) is 45.7 Å². The molecule has 3 nitrogen and oxygen atoms in total. The van der Waals surface area contributed by atoms with Crippen LogP contribution in [0.5, 0.6) is 5.75 Å². The summed E-state index contributed by atoms with van der Waals surface area (Å²) in [6.07, 6.45) is 3.33. The Bertz CT molecular complexity index is 439. The summed E-state index contributed by atoms with van der Waals surface area (Å²) in [5.74, 6) is 0.945. The van der Waals surface area contributed by atoms with Crippen LogP contribution >= 0.6 is 0 Å². The largest absolute Gasteiger partial charge is 0.496 e. The lowest BCUT2D eigenvalue weighted by Gasteiger charge is -2.35. The number of nitrogens with one attached hydrogen (secondary N) is 1. The Labute approximate surface area is 122 Å². The highest BCUT2D eigenvalue weighted by molar-refractivity contribution is 5.40. The zero-order chi connectivity index (χ0) is 14.6. The number of benzene rings is 1. The molecule has 1 N–H and O–H groups in total. The fourth-order valence-electron chi connectivity index (χ4n) is 3.05. The maximum Gasteiger partial charge on any atom is 0.123 e. The monoisotopic (exact) mass is 277 g/mol. The van der Waals surface area contributed by atoms with Crippen molar-refractivity contribution in [1.82, 2.24) is 5.32 Å². The Hall–Kier alpha value is -1.06. The summed E-state index contributed by atoms with van der Waals surface area (Å²) < 4.78 is 11.6. The SMILES string of the molecule is CCCNC(c1cc(C)ccc1OC)C1(C)CCCO1. The first-order chi connectivity index (χ1) is 9.60. The van der Waals surface area contributed by atoms with Crippen LogP contribution in [0.2, 0.25) is 0 Å². The van der Waals surface area contributed by atoms with E-state index in [0.29, 0.717) is 0 Å². The van der Waals surface area contributed by atoms with E-state index in [1.807, 2.05) is 0 Å². The fourth-order valence-corrected chi connectivity index (χ4v) is 3.05. The number of hydrogen-bond acceptors (Lipinski definition) is 3. The van der Waals surface area contributed by atoms with Crippen LogP contribution < -0.4 is 10.1 Å². The van der Waals surface area contributed by atoms with E-state index < -0.39 is 0 Å². The summed E-state index contributed by atoms with van der Waals surface area (Å²) in [5.41, 5.74) is 2.33. The maximum absolute atomic E-state index is 6.08. The predicted molar refractivity (Wildman–Crippen MR) is 82.4 cm³/mol. The lowest BCUT2D eigenvalue weighted by molar-refractivity contribution is -0.0130. The Morgan fingerprint density at radius 2 is 2.25 bits per heavy atom. The summed E-state index contributed by atoms with van der Waals surface area (Å²) in [6, 6.07) is 6.56. The molecular formula is C17H27NO2. The van der Waals surface area contributed by atoms with E-state index in [9.17, 15) is 0 Å². The molecule has 0 amide bonds. The van der Waals surface area contributed by atoms with Gasteiger partial charge < -0.3 is 14.8 Å². The van der Waals surface area contributed by atoms with Crippen LogP contribution in [0.4, 0.5) is 0 Å². The van der Waals surface area contributed by atoms with Crippen molar-refractivity contribution < 1.29 is 9.47 Å². The fraction of sp³-hybridized carbons (Fsp3) is 0.647. The second-order valence-electron chi connectivity index (χ2n) is 5.90. The third-order valence-electron chi connectivity index (χ3n) is 4.15. The summed E-state index contributed by atoms with van der Waals surface area (Å²) in [4.78, 5) is 0. The third-order valence-corrected chi connectivity index (χ3v) is 4.15. The Morgan fingerprint density at radius 3 is 2.85 bits per heavy atom. The van der Waals surface area contributed by atoms with Gasteiger partial charge in [-0.1, -0.05) is 24.6 Å². The minimum atomic E-state index is -0.143. The van der Waals surface area contributed by atoms with E-state index in [0.717, 1.165) is 38.2 Å². The predicted octanol–water partition coefficient (Wildman–Crippen LogP) is 3.61. The van der Waals surface area contributed by atoms with Crippen LogP contribution in [-0.2, 0) is 4.74 Å². The molecule has 1 aliphatic rings. The maximum atomic E-state index is 6.08. The standard InChI is InChI=1S/C17H27NO2/c1-5-10-18-16(17(3)9-6-11-20-17)14-12-13(2)7-8-15(14)19-4/h7-8,12,16,18H,5-6,9-11H2,1-4H3. The molecule has 1 saturated heterocycles. The molecule has 0 spiro atoms. The van der Waals surface area contributed by atoms with E-state index in [2.05, 4.69) is 44.3 Å². The van der Waals surface area contributed by atoms with Crippen molar-refractivity contribution in [2.45, 2.75) is 51.7 Å². The van der Waals surface area contributed by atoms with E-state index in [1.165, 1.54) is 11.1 Å². The van der Waals surface area contributed by atoms with Crippen molar-refractivity contribution in [2.75, 3.05) is 20.3 Å². The van der Waals surface area contributed by atoms with Crippen LogP contribution in [0.3, 0.4) is 0 Å². The minimum absolute atomic E-state index is 0.143.